The molecule has 0 aliphatic heterocycles. The minimum absolute atomic E-state index is 0.0189. The quantitative estimate of drug-likeness (QED) is 0.0601. The van der Waals surface area contributed by atoms with Gasteiger partial charge in [0.25, 0.3) is 0 Å². The first kappa shape index (κ1) is 33.4. The summed E-state index contributed by atoms with van der Waals surface area (Å²) in [4.78, 5) is 0. The highest BCUT2D eigenvalue weighted by molar-refractivity contribution is 4.72. The molecule has 0 spiro atoms. The largest absolute Gasteiger partial charge is 0.475 e. The standard InChI is InChI=1S/C30H60O4/c1-4-7-10-19-22-25-31-29-32-26-23-20-17-15-13-11-12-14-16-18-21-24-30(33-27-8-5-2)34-28-9-6-3/h23,26,30H,4-22,24-25,27-29H2,1-3H3. The second-order valence-electron chi connectivity index (χ2n) is 9.62. The Morgan fingerprint density at radius 1 is 0.529 bits per heavy atom. The van der Waals surface area contributed by atoms with Crippen LogP contribution in [-0.2, 0) is 18.9 Å². The number of hydrogen-bond acceptors (Lipinski definition) is 4. The Morgan fingerprint density at radius 3 is 1.68 bits per heavy atom. The fourth-order valence-electron chi connectivity index (χ4n) is 3.83. The molecule has 0 atom stereocenters. The van der Waals surface area contributed by atoms with Crippen molar-refractivity contribution in [1.29, 1.82) is 0 Å². The van der Waals surface area contributed by atoms with Crippen LogP contribution in [0.15, 0.2) is 12.3 Å². The average molecular weight is 485 g/mol. The molecule has 0 fully saturated rings. The molecule has 0 aliphatic rings. The van der Waals surface area contributed by atoms with Gasteiger partial charge in [-0.05, 0) is 51.0 Å². The lowest BCUT2D eigenvalue weighted by Gasteiger charge is -2.18. The highest BCUT2D eigenvalue weighted by atomic mass is 16.7. The molecule has 4 heteroatoms. The summed E-state index contributed by atoms with van der Waals surface area (Å²) >= 11 is 0. The number of ether oxygens (including phenoxy) is 4. The Balaban J connectivity index is 3.35. The number of rotatable bonds is 29. The summed E-state index contributed by atoms with van der Waals surface area (Å²) in [6.45, 7) is 9.54. The zero-order valence-electron chi connectivity index (χ0n) is 23.3. The first-order valence-electron chi connectivity index (χ1n) is 14.9. The van der Waals surface area contributed by atoms with Gasteiger partial charge in [-0.1, -0.05) is 104 Å². The molecular formula is C30H60O4. The lowest BCUT2D eigenvalue weighted by Crippen LogP contribution is -2.18. The van der Waals surface area contributed by atoms with Crippen LogP contribution in [0.4, 0.5) is 0 Å². The van der Waals surface area contributed by atoms with Crippen LogP contribution in [0.2, 0.25) is 0 Å². The molecule has 4 nitrogen and oxygen atoms in total. The van der Waals surface area contributed by atoms with Gasteiger partial charge in [-0.15, -0.1) is 0 Å². The number of unbranched alkanes of at least 4 members (excludes halogenated alkanes) is 15. The maximum Gasteiger partial charge on any atom is 0.188 e. The second-order valence-corrected chi connectivity index (χ2v) is 9.62. The third-order valence-electron chi connectivity index (χ3n) is 6.15. The van der Waals surface area contributed by atoms with Crippen molar-refractivity contribution in [1.82, 2.24) is 0 Å². The molecule has 0 aromatic carbocycles. The van der Waals surface area contributed by atoms with E-state index in [4.69, 9.17) is 18.9 Å². The Morgan fingerprint density at radius 2 is 1.06 bits per heavy atom. The van der Waals surface area contributed by atoms with Gasteiger partial charge in [0.2, 0.25) is 0 Å². The van der Waals surface area contributed by atoms with E-state index in [9.17, 15) is 0 Å². The van der Waals surface area contributed by atoms with E-state index in [1.54, 1.807) is 0 Å². The molecule has 0 radical (unpaired) electrons. The SMILES string of the molecule is CCCCCCCOCOC=CCCCCCCCCCCCC(OCCCC)OCCCC. The molecule has 0 N–H and O–H groups in total. The zero-order chi connectivity index (χ0) is 24.8. The predicted molar refractivity (Wildman–Crippen MR) is 146 cm³/mol. The molecule has 0 heterocycles. The lowest BCUT2D eigenvalue weighted by atomic mass is 10.1. The van der Waals surface area contributed by atoms with Crippen LogP contribution in [0.25, 0.3) is 0 Å². The summed E-state index contributed by atoms with van der Waals surface area (Å²) in [5.74, 6) is 0. The van der Waals surface area contributed by atoms with E-state index < -0.39 is 0 Å². The van der Waals surface area contributed by atoms with Crippen LogP contribution < -0.4 is 0 Å². The van der Waals surface area contributed by atoms with Gasteiger partial charge in [-0.2, -0.15) is 0 Å². The summed E-state index contributed by atoms with van der Waals surface area (Å²) < 4.78 is 22.7. The van der Waals surface area contributed by atoms with Crippen LogP contribution >= 0.6 is 0 Å². The van der Waals surface area contributed by atoms with E-state index in [0.29, 0.717) is 6.79 Å². The van der Waals surface area contributed by atoms with E-state index in [1.807, 2.05) is 6.26 Å². The Hall–Kier alpha value is -0.580. The van der Waals surface area contributed by atoms with Gasteiger partial charge in [0.15, 0.2) is 13.1 Å². The van der Waals surface area contributed by atoms with E-state index in [0.717, 1.165) is 51.9 Å². The molecule has 0 aromatic heterocycles. The summed E-state index contributed by atoms with van der Waals surface area (Å²) in [6, 6.07) is 0. The summed E-state index contributed by atoms with van der Waals surface area (Å²) in [7, 11) is 0. The van der Waals surface area contributed by atoms with Crippen molar-refractivity contribution >= 4 is 0 Å². The van der Waals surface area contributed by atoms with Gasteiger partial charge < -0.3 is 18.9 Å². The molecule has 0 amide bonds. The van der Waals surface area contributed by atoms with Crippen molar-refractivity contribution in [2.75, 3.05) is 26.6 Å². The molecule has 0 saturated heterocycles. The fourth-order valence-corrected chi connectivity index (χ4v) is 3.83. The van der Waals surface area contributed by atoms with Crippen molar-refractivity contribution < 1.29 is 18.9 Å². The average Bonchev–Trinajstić information content (AvgIpc) is 2.85. The van der Waals surface area contributed by atoms with Crippen molar-refractivity contribution in [3.05, 3.63) is 12.3 Å². The second kappa shape index (κ2) is 30.5. The zero-order valence-corrected chi connectivity index (χ0v) is 23.3. The molecule has 204 valence electrons. The van der Waals surface area contributed by atoms with Crippen LogP contribution in [0.3, 0.4) is 0 Å². The Bertz CT molecular complexity index is 376. The van der Waals surface area contributed by atoms with E-state index in [-0.39, 0.29) is 6.29 Å². The van der Waals surface area contributed by atoms with Gasteiger partial charge in [0, 0.05) is 13.2 Å². The first-order valence-corrected chi connectivity index (χ1v) is 14.9. The monoisotopic (exact) mass is 484 g/mol. The highest BCUT2D eigenvalue weighted by Crippen LogP contribution is 2.14. The van der Waals surface area contributed by atoms with Crippen LogP contribution in [0.5, 0.6) is 0 Å². The Labute approximate surface area is 213 Å². The van der Waals surface area contributed by atoms with Gasteiger partial charge in [-0.25, -0.2) is 0 Å². The molecule has 0 unspecified atom stereocenters. The molecule has 0 aromatic rings. The van der Waals surface area contributed by atoms with Gasteiger partial charge in [0.05, 0.1) is 12.9 Å². The Kier molecular flexibility index (Phi) is 29.9. The normalized spacial score (nSPS) is 11.8. The summed E-state index contributed by atoms with van der Waals surface area (Å²) in [6.07, 6.45) is 29.0. The van der Waals surface area contributed by atoms with Crippen molar-refractivity contribution in [2.24, 2.45) is 0 Å². The maximum atomic E-state index is 5.93. The topological polar surface area (TPSA) is 36.9 Å². The van der Waals surface area contributed by atoms with Crippen LogP contribution in [-0.4, -0.2) is 32.9 Å². The highest BCUT2D eigenvalue weighted by Gasteiger charge is 2.08. The fraction of sp³-hybridized carbons (Fsp3) is 0.933. The molecule has 0 bridgehead atoms. The number of allylic oxidation sites excluding steroid dienone is 1. The van der Waals surface area contributed by atoms with Crippen molar-refractivity contribution in [3.8, 4) is 0 Å². The minimum atomic E-state index is 0.0189. The molecule has 0 aliphatic carbocycles. The van der Waals surface area contributed by atoms with E-state index in [2.05, 4.69) is 26.8 Å². The van der Waals surface area contributed by atoms with Crippen LogP contribution in [0, 0.1) is 0 Å². The van der Waals surface area contributed by atoms with Gasteiger partial charge >= 0.3 is 0 Å². The van der Waals surface area contributed by atoms with E-state index in [1.165, 1.54) is 96.3 Å². The van der Waals surface area contributed by atoms with Crippen molar-refractivity contribution in [3.63, 3.8) is 0 Å². The third kappa shape index (κ3) is 27.7. The molecule has 0 saturated carbocycles. The van der Waals surface area contributed by atoms with Gasteiger partial charge in [0.1, 0.15) is 0 Å². The minimum Gasteiger partial charge on any atom is -0.475 e. The van der Waals surface area contributed by atoms with Crippen molar-refractivity contribution in [2.45, 2.75) is 155 Å². The molecule has 0 rings (SSSR count). The lowest BCUT2D eigenvalue weighted by molar-refractivity contribution is -0.147. The van der Waals surface area contributed by atoms with E-state index >= 15 is 0 Å². The predicted octanol–water partition coefficient (Wildman–Crippen LogP) is 9.71. The molecular weight excluding hydrogens is 424 g/mol. The molecule has 34 heavy (non-hydrogen) atoms. The smallest absolute Gasteiger partial charge is 0.188 e. The first-order chi connectivity index (χ1) is 16.8. The van der Waals surface area contributed by atoms with Gasteiger partial charge in [-0.3, -0.25) is 0 Å². The summed E-state index contributed by atoms with van der Waals surface area (Å²) in [5.41, 5.74) is 0. The van der Waals surface area contributed by atoms with Crippen LogP contribution in [0.1, 0.15) is 149 Å². The maximum absolute atomic E-state index is 5.93. The number of hydrogen-bond donors (Lipinski definition) is 0. The third-order valence-corrected chi connectivity index (χ3v) is 6.15. The summed E-state index contributed by atoms with van der Waals surface area (Å²) in [5, 5.41) is 0.